The van der Waals surface area contributed by atoms with Gasteiger partial charge in [-0.1, -0.05) is 49.6 Å². The van der Waals surface area contributed by atoms with Crippen LogP contribution in [0.1, 0.15) is 63.0 Å². The van der Waals surface area contributed by atoms with Gasteiger partial charge in [0.25, 0.3) is 0 Å². The van der Waals surface area contributed by atoms with Gasteiger partial charge in [0, 0.05) is 44.6 Å². The van der Waals surface area contributed by atoms with Crippen LogP contribution in [-0.2, 0) is 9.59 Å². The Kier molecular flexibility index (Phi) is 6.31. The highest BCUT2D eigenvalue weighted by atomic mass is 16.2. The van der Waals surface area contributed by atoms with Crippen LogP contribution in [0.15, 0.2) is 30.3 Å². The molecule has 31 heavy (non-hydrogen) atoms. The summed E-state index contributed by atoms with van der Waals surface area (Å²) >= 11 is 0. The first-order valence-electron chi connectivity index (χ1n) is 12.5. The number of nitrogens with one attached hydrogen (secondary N) is 1. The van der Waals surface area contributed by atoms with Crippen LogP contribution >= 0.6 is 0 Å². The van der Waals surface area contributed by atoms with E-state index in [1.54, 1.807) is 0 Å². The van der Waals surface area contributed by atoms with Crippen LogP contribution < -0.4 is 5.32 Å². The Morgan fingerprint density at radius 1 is 0.871 bits per heavy atom. The third-order valence-corrected chi connectivity index (χ3v) is 8.31. The van der Waals surface area contributed by atoms with Crippen molar-refractivity contribution in [3.8, 4) is 0 Å². The molecule has 1 N–H and O–H groups in total. The van der Waals surface area contributed by atoms with E-state index >= 15 is 0 Å². The van der Waals surface area contributed by atoms with Crippen molar-refractivity contribution >= 4 is 11.8 Å². The zero-order valence-electron chi connectivity index (χ0n) is 18.7. The topological polar surface area (TPSA) is 52.7 Å². The number of rotatable bonds is 7. The molecular weight excluding hydrogens is 386 g/mol. The molecule has 4 fully saturated rings. The van der Waals surface area contributed by atoms with Crippen LogP contribution in [0.5, 0.6) is 0 Å². The first-order valence-corrected chi connectivity index (χ1v) is 12.5. The fourth-order valence-corrected chi connectivity index (χ4v) is 6.16. The predicted octanol–water partition coefficient (Wildman–Crippen LogP) is 3.61. The molecule has 5 heteroatoms. The smallest absolute Gasteiger partial charge is 0.225 e. The molecule has 1 aromatic rings. The van der Waals surface area contributed by atoms with Crippen LogP contribution in [0.3, 0.4) is 0 Å². The molecule has 5 rings (SSSR count). The summed E-state index contributed by atoms with van der Waals surface area (Å²) in [7, 11) is 0. The Morgan fingerprint density at radius 3 is 2.13 bits per heavy atom. The highest BCUT2D eigenvalue weighted by Crippen LogP contribution is 2.35. The van der Waals surface area contributed by atoms with Crippen molar-refractivity contribution in [3.63, 3.8) is 0 Å². The summed E-state index contributed by atoms with van der Waals surface area (Å²) in [6, 6.07) is 10.5. The molecule has 0 aromatic heterocycles. The average Bonchev–Trinajstić information content (AvgIpc) is 3.46. The van der Waals surface area contributed by atoms with E-state index in [9.17, 15) is 9.59 Å². The lowest BCUT2D eigenvalue weighted by molar-refractivity contribution is -0.137. The SMILES string of the molecule is O=C(N[C@@H](CCN1CC2CN(C(=O)C3CCC3)CC2C1)c1ccccc1)C1CCCC1. The fraction of sp³-hybridized carbons (Fsp3) is 0.692. The Hall–Kier alpha value is -1.88. The number of hydrogen-bond donors (Lipinski definition) is 1. The Morgan fingerprint density at radius 2 is 1.52 bits per heavy atom. The summed E-state index contributed by atoms with van der Waals surface area (Å²) in [6.07, 6.45) is 8.83. The molecule has 2 aliphatic carbocycles. The lowest BCUT2D eigenvalue weighted by Gasteiger charge is -2.30. The molecule has 2 heterocycles. The summed E-state index contributed by atoms with van der Waals surface area (Å²) in [5, 5.41) is 3.38. The number of likely N-dealkylation sites (tertiary alicyclic amines) is 2. The Bertz CT molecular complexity index is 758. The van der Waals surface area contributed by atoms with Crippen molar-refractivity contribution < 1.29 is 9.59 Å². The summed E-state index contributed by atoms with van der Waals surface area (Å²) in [6.45, 7) is 5.11. The van der Waals surface area contributed by atoms with E-state index in [4.69, 9.17) is 0 Å². The lowest BCUT2D eigenvalue weighted by atomic mass is 9.84. The molecule has 4 aliphatic rings. The lowest BCUT2D eigenvalue weighted by Crippen LogP contribution is -2.40. The Balaban J connectivity index is 1.14. The Labute approximate surface area is 186 Å². The minimum atomic E-state index is 0.0893. The second-order valence-corrected chi connectivity index (χ2v) is 10.4. The predicted molar refractivity (Wildman–Crippen MR) is 121 cm³/mol. The highest BCUT2D eigenvalue weighted by molar-refractivity contribution is 5.80. The van der Waals surface area contributed by atoms with E-state index < -0.39 is 0 Å². The van der Waals surface area contributed by atoms with Crippen molar-refractivity contribution in [1.29, 1.82) is 0 Å². The molecule has 0 radical (unpaired) electrons. The van der Waals surface area contributed by atoms with Crippen LogP contribution in [-0.4, -0.2) is 54.3 Å². The summed E-state index contributed by atoms with van der Waals surface area (Å²) in [4.78, 5) is 30.1. The van der Waals surface area contributed by atoms with E-state index in [0.717, 1.165) is 64.8 Å². The minimum absolute atomic E-state index is 0.0893. The van der Waals surface area contributed by atoms with Gasteiger partial charge >= 0.3 is 0 Å². The third kappa shape index (κ3) is 4.67. The number of nitrogens with zero attached hydrogens (tertiary/aromatic N) is 2. The van der Waals surface area contributed by atoms with Gasteiger partial charge in [-0.05, 0) is 49.5 Å². The average molecular weight is 424 g/mol. The third-order valence-electron chi connectivity index (χ3n) is 8.31. The van der Waals surface area contributed by atoms with Crippen molar-refractivity contribution in [2.75, 3.05) is 32.7 Å². The number of carbonyl (C=O) groups excluding carboxylic acids is 2. The molecule has 5 nitrogen and oxygen atoms in total. The van der Waals surface area contributed by atoms with E-state index in [0.29, 0.717) is 23.7 Å². The number of hydrogen-bond acceptors (Lipinski definition) is 3. The molecule has 1 aromatic carbocycles. The maximum atomic E-state index is 12.8. The second kappa shape index (κ2) is 9.32. The van der Waals surface area contributed by atoms with Crippen LogP contribution in [0.2, 0.25) is 0 Å². The van der Waals surface area contributed by atoms with Gasteiger partial charge in [0.15, 0.2) is 0 Å². The number of benzene rings is 1. The van der Waals surface area contributed by atoms with Crippen LogP contribution in [0.4, 0.5) is 0 Å². The van der Waals surface area contributed by atoms with E-state index in [1.807, 2.05) is 6.07 Å². The van der Waals surface area contributed by atoms with Gasteiger partial charge in [-0.25, -0.2) is 0 Å². The second-order valence-electron chi connectivity index (χ2n) is 10.4. The minimum Gasteiger partial charge on any atom is -0.349 e. The van der Waals surface area contributed by atoms with E-state index in [-0.39, 0.29) is 17.9 Å². The largest absolute Gasteiger partial charge is 0.349 e. The fourth-order valence-electron chi connectivity index (χ4n) is 6.16. The van der Waals surface area contributed by atoms with Gasteiger partial charge in [0.05, 0.1) is 6.04 Å². The number of fused-ring (bicyclic) bond motifs is 1. The number of carbonyl (C=O) groups is 2. The zero-order chi connectivity index (χ0) is 21.2. The van der Waals surface area contributed by atoms with Crippen molar-refractivity contribution in [1.82, 2.24) is 15.1 Å². The molecule has 2 saturated carbocycles. The molecule has 2 saturated heterocycles. The first kappa shape index (κ1) is 21.0. The van der Waals surface area contributed by atoms with Gasteiger partial charge in [-0.2, -0.15) is 0 Å². The maximum absolute atomic E-state index is 12.8. The zero-order valence-corrected chi connectivity index (χ0v) is 18.7. The van der Waals surface area contributed by atoms with Gasteiger partial charge in [-0.3, -0.25) is 9.59 Å². The molecule has 168 valence electrons. The van der Waals surface area contributed by atoms with Crippen LogP contribution in [0, 0.1) is 23.7 Å². The first-order chi connectivity index (χ1) is 15.2. The van der Waals surface area contributed by atoms with E-state index in [1.165, 1.54) is 24.8 Å². The van der Waals surface area contributed by atoms with Crippen LogP contribution in [0.25, 0.3) is 0 Å². The van der Waals surface area contributed by atoms with Gasteiger partial charge < -0.3 is 15.1 Å². The normalized spacial score (nSPS) is 27.8. The monoisotopic (exact) mass is 423 g/mol. The molecular formula is C26H37N3O2. The summed E-state index contributed by atoms with van der Waals surface area (Å²) in [5.41, 5.74) is 1.21. The molecule has 0 bridgehead atoms. The standard InChI is InChI=1S/C26H37N3O2/c30-25(20-9-4-5-10-20)27-24(19-7-2-1-3-8-19)13-14-28-15-22-17-29(18-23(22)16-28)26(31)21-11-6-12-21/h1-3,7-8,20-24H,4-6,9-18H2,(H,27,30)/t22?,23?,24-/m0/s1. The van der Waals surface area contributed by atoms with Crippen molar-refractivity contribution in [2.45, 2.75) is 57.4 Å². The molecule has 2 amide bonds. The summed E-state index contributed by atoms with van der Waals surface area (Å²) < 4.78 is 0. The van der Waals surface area contributed by atoms with Crippen molar-refractivity contribution in [3.05, 3.63) is 35.9 Å². The number of amides is 2. The summed E-state index contributed by atoms with van der Waals surface area (Å²) in [5.74, 6) is 2.46. The van der Waals surface area contributed by atoms with Crippen molar-refractivity contribution in [2.24, 2.45) is 23.7 Å². The van der Waals surface area contributed by atoms with E-state index in [2.05, 4.69) is 39.4 Å². The molecule has 2 aliphatic heterocycles. The molecule has 2 unspecified atom stereocenters. The maximum Gasteiger partial charge on any atom is 0.225 e. The quantitative estimate of drug-likeness (QED) is 0.729. The molecule has 3 atom stereocenters. The molecule has 0 spiro atoms. The van der Waals surface area contributed by atoms with Gasteiger partial charge in [0.2, 0.25) is 11.8 Å². The van der Waals surface area contributed by atoms with Gasteiger partial charge in [-0.15, -0.1) is 0 Å². The highest BCUT2D eigenvalue weighted by Gasteiger charge is 2.43. The van der Waals surface area contributed by atoms with Gasteiger partial charge in [0.1, 0.15) is 0 Å².